The Morgan fingerprint density at radius 2 is 0.608 bits per heavy atom. The van der Waals surface area contributed by atoms with Crippen LogP contribution < -0.4 is 4.74 Å². The molecule has 29 aromatic rings. The molecule has 2 heteroatoms. The number of unbranched alkanes of at least 4 members (excludes halogenated alkanes) is 2. The van der Waals surface area contributed by atoms with E-state index in [0.29, 0.717) is 0 Å². The van der Waals surface area contributed by atoms with E-state index in [-0.39, 0.29) is 23.0 Å². The van der Waals surface area contributed by atoms with E-state index in [9.17, 15) is 0 Å². The first-order chi connectivity index (χ1) is 39.2. The van der Waals surface area contributed by atoms with Gasteiger partial charge >= 0.3 is 0 Å². The first-order valence-electron chi connectivity index (χ1n) is 30.4. The van der Waals surface area contributed by atoms with Crippen molar-refractivity contribution in [1.29, 1.82) is 0 Å². The van der Waals surface area contributed by atoms with Crippen LogP contribution in [-0.2, 0) is 10.8 Å². The first-order valence-corrected chi connectivity index (χ1v) is 30.4. The van der Waals surface area contributed by atoms with Crippen LogP contribution in [0.5, 0.6) is 5.75 Å². The number of likely N-dealkylation sites (tertiary alicyclic amines) is 1. The summed E-state index contributed by atoms with van der Waals surface area (Å²) in [5.41, 5.74) is 7.92. The van der Waals surface area contributed by atoms with Crippen LogP contribution in [-0.4, -0.2) is 24.6 Å². The summed E-state index contributed by atoms with van der Waals surface area (Å²) >= 11 is 0. The minimum Gasteiger partial charge on any atom is -0.490 e. The van der Waals surface area contributed by atoms with Gasteiger partial charge in [0, 0.05) is 12.6 Å². The maximum atomic E-state index is 6.98. The van der Waals surface area contributed by atoms with Gasteiger partial charge in [0.1, 0.15) is 5.75 Å². The Morgan fingerprint density at radius 1 is 0.354 bits per heavy atom. The molecule has 4 aliphatic carbocycles. The van der Waals surface area contributed by atoms with Gasteiger partial charge in [0.25, 0.3) is 0 Å². The summed E-state index contributed by atoms with van der Waals surface area (Å²) in [7, 11) is 2.58. The van der Waals surface area contributed by atoms with Crippen LogP contribution >= 0.6 is 0 Å². The van der Waals surface area contributed by atoms with Gasteiger partial charge in [-0.2, -0.15) is 0 Å². The van der Waals surface area contributed by atoms with Gasteiger partial charge in [-0.25, -0.2) is 0 Å². The molecule has 2 unspecified atom stereocenters. The molecule has 0 saturated carbocycles. The number of benzene rings is 19. The molecule has 29 aromatic carbocycles. The van der Waals surface area contributed by atoms with Crippen LogP contribution in [0.4, 0.5) is 0 Å². The molecule has 2 nitrogen and oxygen atoms in total. The highest BCUT2D eigenvalue weighted by Crippen LogP contribution is 2.87. The van der Waals surface area contributed by atoms with Crippen molar-refractivity contribution in [2.45, 2.75) is 68.9 Å². The molecule has 0 N–H and O–H groups in total. The monoisotopic (exact) mass is 981 g/mol. The van der Waals surface area contributed by atoms with Crippen LogP contribution in [0, 0.1) is 0 Å². The molecular formula is C77H27NO. The van der Waals surface area contributed by atoms with Crippen LogP contribution in [0.15, 0.2) is 24.3 Å². The zero-order valence-corrected chi connectivity index (χ0v) is 42.6. The van der Waals surface area contributed by atoms with E-state index in [1.807, 2.05) is 0 Å². The molecule has 346 valence electrons. The molecule has 79 heavy (non-hydrogen) atoms. The smallest absolute Gasteiger partial charge is 0.119 e. The van der Waals surface area contributed by atoms with Crippen molar-refractivity contribution in [3.8, 4) is 5.75 Å². The fourth-order valence-corrected chi connectivity index (χ4v) is 27.4. The molecule has 0 bridgehead atoms. The van der Waals surface area contributed by atoms with E-state index >= 15 is 0 Å². The highest BCUT2D eigenvalue weighted by molar-refractivity contribution is 6.82. The molecule has 0 radical (unpaired) electrons. The first kappa shape index (κ1) is 32.4. The molecular weight excluding hydrogens is 955 g/mol. The van der Waals surface area contributed by atoms with Crippen LogP contribution in [0.25, 0.3) is 291 Å². The van der Waals surface area contributed by atoms with Gasteiger partial charge < -0.3 is 4.74 Å². The zero-order valence-electron chi connectivity index (χ0n) is 42.6. The summed E-state index contributed by atoms with van der Waals surface area (Å²) < 4.78 is 6.98. The van der Waals surface area contributed by atoms with Crippen molar-refractivity contribution >= 4 is 291 Å². The van der Waals surface area contributed by atoms with Gasteiger partial charge in [0.05, 0.1) is 16.9 Å². The van der Waals surface area contributed by atoms with Crippen molar-refractivity contribution in [2.24, 2.45) is 0 Å². The Kier molecular flexibility index (Phi) is 3.22. The minimum atomic E-state index is -0.346. The molecule has 0 amide bonds. The molecule has 1 saturated heterocycles. The third kappa shape index (κ3) is 1.93. The standard InChI is InChI=1S/C77H27NO/c1-4-6-7-8-15(5-2)79-16-11-9-14(10-12-16)75-77-73-67-61-51-39-31-23-19-17-18-21-25(23)33(39)43-37-29(21)30-22(18)26-24-20(17)28-27(19)35-41(31)49-55-45(35)46-36(28)42-32(24)40-34(26)44-38(30)48-47(37)59(53(43)61)69(73)70-60(48)54(44)62-52(40)58-50(42)56(46)64-63(55)71(65(67)57(49)51)76(77,13-78(75)3)72(64)66(58)68(62)74(70)77/h9-12,15,75H,4-8,13H2,1-3H3. The minimum absolute atomic E-state index is 0.129. The fraction of sp³-hybridized carbons (Fsp3) is 0.169. The Bertz CT molecular complexity index is 7420. The average molecular weight is 982 g/mol. The van der Waals surface area contributed by atoms with E-state index in [1.165, 1.54) is 24.8 Å². The van der Waals surface area contributed by atoms with Gasteiger partial charge in [0.15, 0.2) is 0 Å². The van der Waals surface area contributed by atoms with Crippen molar-refractivity contribution in [3.05, 3.63) is 52.1 Å². The summed E-state index contributed by atoms with van der Waals surface area (Å²) in [5, 5.41) is 90.3. The van der Waals surface area contributed by atoms with Gasteiger partial charge in [-0.3, -0.25) is 4.90 Å². The second kappa shape index (κ2) is 7.86. The summed E-state index contributed by atoms with van der Waals surface area (Å²) in [6, 6.07) is 10.1. The van der Waals surface area contributed by atoms with E-state index in [1.54, 1.807) is 313 Å². The number of hydrogen-bond donors (Lipinski definition) is 0. The van der Waals surface area contributed by atoms with E-state index < -0.39 is 0 Å². The highest BCUT2D eigenvalue weighted by Gasteiger charge is 2.75. The van der Waals surface area contributed by atoms with Crippen molar-refractivity contribution in [2.75, 3.05) is 13.6 Å². The van der Waals surface area contributed by atoms with Crippen molar-refractivity contribution in [1.82, 2.24) is 4.90 Å². The SMILES string of the molecule is CCCCCC(CC)Oc1ccc(C2N(C)CC34c5c6c7c8c9c%10c(c%11c%12c3c3c5c5c%13c6c6c7c7c9c9c%14c%10c%10c%11c%11c%12c%12c3c3c5c5c%13c%13c6c6c7c9c7c9c%14c%10c%10c%11c%11c%12c3c3c5c5c%13c6c7c6c9c%10c%11c3c56)C824)cc1. The van der Waals surface area contributed by atoms with E-state index in [4.69, 9.17) is 4.74 Å². The Morgan fingerprint density at radius 3 is 0.861 bits per heavy atom. The predicted molar refractivity (Wildman–Crippen MR) is 335 cm³/mol. The largest absolute Gasteiger partial charge is 0.490 e. The maximum absolute atomic E-state index is 6.98. The topological polar surface area (TPSA) is 12.5 Å². The lowest BCUT2D eigenvalue weighted by Crippen LogP contribution is -2.51. The fourth-order valence-electron chi connectivity index (χ4n) is 27.4. The van der Waals surface area contributed by atoms with Gasteiger partial charge in [-0.1, -0.05) is 38.8 Å². The molecule has 0 aromatic heterocycles. The normalized spacial score (nSPS) is 22.9. The molecule has 1 aliphatic heterocycles. The van der Waals surface area contributed by atoms with Crippen LogP contribution in [0.2, 0.25) is 0 Å². The Labute approximate surface area is 438 Å². The lowest BCUT2D eigenvalue weighted by atomic mass is 9.47. The van der Waals surface area contributed by atoms with E-state index in [0.717, 1.165) is 25.1 Å². The van der Waals surface area contributed by atoms with Crippen molar-refractivity contribution in [3.63, 3.8) is 0 Å². The van der Waals surface area contributed by atoms with Crippen molar-refractivity contribution < 1.29 is 4.74 Å². The highest BCUT2D eigenvalue weighted by atomic mass is 16.5. The van der Waals surface area contributed by atoms with Crippen LogP contribution in [0.3, 0.4) is 0 Å². The number of nitrogens with zero attached hydrogens (tertiary/aromatic N) is 1. The number of likely N-dealkylation sites (N-methyl/N-ethyl adjacent to an activating group) is 1. The summed E-state index contributed by atoms with van der Waals surface area (Å²) in [5.74, 6) is 1.04. The number of rotatable bonds is 8. The van der Waals surface area contributed by atoms with Crippen LogP contribution in [0.1, 0.15) is 79.8 Å². The Hall–Kier alpha value is -8.56. The Balaban J connectivity index is 0.979. The lowest BCUT2D eigenvalue weighted by Gasteiger charge is -2.52. The average Bonchev–Trinajstić information content (AvgIpc) is 1.79. The summed E-state index contributed by atoms with van der Waals surface area (Å²) in [6.07, 6.45) is 6.18. The zero-order chi connectivity index (χ0) is 48.2. The summed E-state index contributed by atoms with van der Waals surface area (Å²) in [6.45, 7) is 5.66. The second-order valence-electron chi connectivity index (χ2n) is 29.0. The third-order valence-electron chi connectivity index (χ3n) is 28.0. The third-order valence-corrected chi connectivity index (χ3v) is 28.0. The molecule has 2 spiro atoms. The quantitative estimate of drug-likeness (QED) is 0.111. The second-order valence-corrected chi connectivity index (χ2v) is 29.0. The molecule has 5 aliphatic rings. The number of hydrogen-bond acceptors (Lipinski definition) is 2. The molecule has 34 rings (SSSR count). The van der Waals surface area contributed by atoms with Gasteiger partial charge in [-0.05, 0) is 357 Å². The lowest BCUT2D eigenvalue weighted by molar-refractivity contribution is 0.182. The van der Waals surface area contributed by atoms with E-state index in [2.05, 4.69) is 50.1 Å². The predicted octanol–water partition coefficient (Wildman–Crippen LogP) is 20.7. The van der Waals surface area contributed by atoms with Gasteiger partial charge in [0.2, 0.25) is 0 Å². The molecule has 1 heterocycles. The summed E-state index contributed by atoms with van der Waals surface area (Å²) in [4.78, 5) is 2.96. The van der Waals surface area contributed by atoms with Gasteiger partial charge in [-0.15, -0.1) is 0 Å². The molecule has 1 fully saturated rings. The maximum Gasteiger partial charge on any atom is 0.119 e. The number of ether oxygens (including phenoxy) is 1. The molecule has 2 atom stereocenters.